The van der Waals surface area contributed by atoms with Crippen molar-refractivity contribution in [3.63, 3.8) is 0 Å². The largest absolute Gasteiger partial charge is 0.352 e. The number of anilines is 1. The van der Waals surface area contributed by atoms with Gasteiger partial charge >= 0.3 is 0 Å². The Kier molecular flexibility index (Phi) is 9.94. The van der Waals surface area contributed by atoms with Gasteiger partial charge in [-0.25, -0.2) is 8.42 Å². The van der Waals surface area contributed by atoms with Crippen molar-refractivity contribution in [3.8, 4) is 0 Å². The van der Waals surface area contributed by atoms with E-state index in [-0.39, 0.29) is 23.4 Å². The summed E-state index contributed by atoms with van der Waals surface area (Å²) in [4.78, 5) is 28.3. The first-order chi connectivity index (χ1) is 18.0. The van der Waals surface area contributed by atoms with Crippen LogP contribution in [0.2, 0.25) is 5.02 Å². The number of rotatable bonds is 11. The van der Waals surface area contributed by atoms with Gasteiger partial charge in [0.15, 0.2) is 0 Å². The summed E-state index contributed by atoms with van der Waals surface area (Å²) in [6.45, 7) is 6.85. The summed E-state index contributed by atoms with van der Waals surface area (Å²) < 4.78 is 28.7. The van der Waals surface area contributed by atoms with Gasteiger partial charge in [0.1, 0.15) is 12.6 Å². The molecule has 3 aromatic carbocycles. The number of aryl methyl sites for hydroxylation is 1. The lowest BCUT2D eigenvalue weighted by molar-refractivity contribution is -0.139. The minimum absolute atomic E-state index is 0.0496. The normalized spacial score (nSPS) is 12.2. The van der Waals surface area contributed by atoms with Crippen LogP contribution in [0.3, 0.4) is 0 Å². The average Bonchev–Trinajstić information content (AvgIpc) is 2.89. The van der Waals surface area contributed by atoms with Gasteiger partial charge in [-0.05, 0) is 69.5 Å². The van der Waals surface area contributed by atoms with E-state index in [1.54, 1.807) is 44.2 Å². The highest BCUT2D eigenvalue weighted by molar-refractivity contribution is 7.92. The summed E-state index contributed by atoms with van der Waals surface area (Å²) in [5, 5.41) is 3.20. The van der Waals surface area contributed by atoms with E-state index in [9.17, 15) is 18.0 Å². The van der Waals surface area contributed by atoms with Gasteiger partial charge in [-0.15, -0.1) is 0 Å². The number of halogens is 1. The molecular weight excluding hydrogens is 522 g/mol. The molecule has 0 aliphatic heterocycles. The van der Waals surface area contributed by atoms with Crippen molar-refractivity contribution >= 4 is 39.1 Å². The number of carbonyl (C=O) groups is 2. The molecule has 2 amide bonds. The van der Waals surface area contributed by atoms with E-state index in [2.05, 4.69) is 5.32 Å². The van der Waals surface area contributed by atoms with E-state index in [1.807, 2.05) is 44.2 Å². The first-order valence-electron chi connectivity index (χ1n) is 12.5. The Balaban J connectivity index is 2.01. The molecule has 0 heterocycles. The predicted octanol–water partition coefficient (Wildman–Crippen LogP) is 4.83. The summed E-state index contributed by atoms with van der Waals surface area (Å²) in [7, 11) is -4.13. The van der Waals surface area contributed by atoms with Gasteiger partial charge in [-0.2, -0.15) is 0 Å². The number of benzene rings is 3. The van der Waals surface area contributed by atoms with Crippen molar-refractivity contribution in [2.75, 3.05) is 17.4 Å². The maximum Gasteiger partial charge on any atom is 0.264 e. The second-order valence-corrected chi connectivity index (χ2v) is 11.7. The Morgan fingerprint density at radius 1 is 0.921 bits per heavy atom. The second kappa shape index (κ2) is 12.9. The van der Waals surface area contributed by atoms with Gasteiger partial charge in [0, 0.05) is 17.6 Å². The van der Waals surface area contributed by atoms with E-state index >= 15 is 0 Å². The second-order valence-electron chi connectivity index (χ2n) is 9.42. The first kappa shape index (κ1) is 29.2. The standard InChI is InChI=1S/C29H34ClN3O4S/c1-21(2)31-29(35)23(4)32(18-17-24-11-7-5-8-12-24)28(34)20-33(27-19-25(30)16-15-22(27)3)38(36,37)26-13-9-6-10-14-26/h5-16,19,21,23H,17-18,20H2,1-4H3,(H,31,35)/t23-/m0/s1. The number of amides is 2. The van der Waals surface area contributed by atoms with Gasteiger partial charge in [-0.1, -0.05) is 66.2 Å². The summed E-state index contributed by atoms with van der Waals surface area (Å²) >= 11 is 6.24. The lowest BCUT2D eigenvalue weighted by Crippen LogP contribution is -2.53. The van der Waals surface area contributed by atoms with Crippen LogP contribution in [0, 0.1) is 6.92 Å². The van der Waals surface area contributed by atoms with Crippen LogP contribution >= 0.6 is 11.6 Å². The van der Waals surface area contributed by atoms with Crippen LogP contribution < -0.4 is 9.62 Å². The molecule has 0 unspecified atom stereocenters. The summed E-state index contributed by atoms with van der Waals surface area (Å²) in [5.41, 5.74) is 1.95. The summed E-state index contributed by atoms with van der Waals surface area (Å²) in [5.74, 6) is -0.802. The Hall–Kier alpha value is -3.36. The molecule has 0 bridgehead atoms. The number of sulfonamides is 1. The molecule has 0 aliphatic rings. The maximum absolute atomic E-state index is 13.9. The van der Waals surface area contributed by atoms with Crippen molar-refractivity contribution in [2.45, 2.75) is 51.1 Å². The molecule has 1 atom stereocenters. The molecule has 0 spiro atoms. The fraction of sp³-hybridized carbons (Fsp3) is 0.310. The highest BCUT2D eigenvalue weighted by atomic mass is 35.5. The molecule has 3 rings (SSSR count). The molecule has 9 heteroatoms. The molecule has 3 aromatic rings. The van der Waals surface area contributed by atoms with Crippen molar-refractivity contribution in [2.24, 2.45) is 0 Å². The van der Waals surface area contributed by atoms with Gasteiger partial charge in [-0.3, -0.25) is 13.9 Å². The number of nitrogens with one attached hydrogen (secondary N) is 1. The number of hydrogen-bond acceptors (Lipinski definition) is 4. The minimum Gasteiger partial charge on any atom is -0.352 e. The molecular formula is C29H34ClN3O4S. The van der Waals surface area contributed by atoms with E-state index in [4.69, 9.17) is 11.6 Å². The van der Waals surface area contributed by atoms with Crippen LogP contribution in [0.1, 0.15) is 31.9 Å². The molecule has 1 N–H and O–H groups in total. The van der Waals surface area contributed by atoms with Gasteiger partial charge in [0.2, 0.25) is 11.8 Å². The zero-order valence-electron chi connectivity index (χ0n) is 22.1. The van der Waals surface area contributed by atoms with Crippen molar-refractivity contribution in [3.05, 3.63) is 95.0 Å². The topological polar surface area (TPSA) is 86.8 Å². The fourth-order valence-electron chi connectivity index (χ4n) is 4.06. The van der Waals surface area contributed by atoms with E-state index in [1.165, 1.54) is 23.1 Å². The lowest BCUT2D eigenvalue weighted by atomic mass is 10.1. The molecule has 0 aromatic heterocycles. The zero-order valence-corrected chi connectivity index (χ0v) is 23.7. The molecule has 0 fully saturated rings. The van der Waals surface area contributed by atoms with Crippen molar-refractivity contribution in [1.29, 1.82) is 0 Å². The van der Waals surface area contributed by atoms with Crippen molar-refractivity contribution < 1.29 is 18.0 Å². The molecule has 0 radical (unpaired) electrons. The highest BCUT2D eigenvalue weighted by Gasteiger charge is 2.33. The lowest BCUT2D eigenvalue weighted by Gasteiger charge is -2.32. The first-order valence-corrected chi connectivity index (χ1v) is 14.3. The highest BCUT2D eigenvalue weighted by Crippen LogP contribution is 2.29. The van der Waals surface area contributed by atoms with Crippen LogP contribution in [-0.4, -0.2) is 50.3 Å². The maximum atomic E-state index is 13.9. The zero-order chi connectivity index (χ0) is 27.9. The predicted molar refractivity (Wildman–Crippen MR) is 152 cm³/mol. The average molecular weight is 556 g/mol. The van der Waals surface area contributed by atoms with Crippen LogP contribution in [-0.2, 0) is 26.0 Å². The summed E-state index contributed by atoms with van der Waals surface area (Å²) in [6, 6.07) is 21.6. The molecule has 0 saturated heterocycles. The quantitative estimate of drug-likeness (QED) is 0.367. The number of nitrogens with zero attached hydrogens (tertiary/aromatic N) is 2. The van der Waals surface area contributed by atoms with Gasteiger partial charge in [0.05, 0.1) is 10.6 Å². The Bertz CT molecular complexity index is 1350. The number of carbonyl (C=O) groups excluding carboxylic acids is 2. The Morgan fingerprint density at radius 3 is 2.13 bits per heavy atom. The van der Waals surface area contributed by atoms with Crippen molar-refractivity contribution in [1.82, 2.24) is 10.2 Å². The fourth-order valence-corrected chi connectivity index (χ4v) is 5.72. The number of hydrogen-bond donors (Lipinski definition) is 1. The van der Waals surface area contributed by atoms with E-state index in [0.717, 1.165) is 9.87 Å². The van der Waals surface area contributed by atoms with E-state index in [0.29, 0.717) is 22.7 Å². The third-order valence-corrected chi connectivity index (χ3v) is 8.14. The monoisotopic (exact) mass is 555 g/mol. The van der Waals surface area contributed by atoms with Crippen LogP contribution in [0.25, 0.3) is 0 Å². The molecule has 0 aliphatic carbocycles. The summed E-state index contributed by atoms with van der Waals surface area (Å²) in [6.07, 6.45) is 0.507. The Morgan fingerprint density at radius 2 is 1.53 bits per heavy atom. The molecule has 38 heavy (non-hydrogen) atoms. The minimum atomic E-state index is -4.13. The Labute approximate surface area is 230 Å². The van der Waals surface area contributed by atoms with Crippen LogP contribution in [0.15, 0.2) is 83.8 Å². The van der Waals surface area contributed by atoms with E-state index < -0.39 is 28.5 Å². The van der Waals surface area contributed by atoms with Gasteiger partial charge < -0.3 is 10.2 Å². The van der Waals surface area contributed by atoms with Crippen LogP contribution in [0.4, 0.5) is 5.69 Å². The molecule has 7 nitrogen and oxygen atoms in total. The van der Waals surface area contributed by atoms with Crippen LogP contribution in [0.5, 0.6) is 0 Å². The third-order valence-electron chi connectivity index (χ3n) is 6.13. The SMILES string of the molecule is Cc1ccc(Cl)cc1N(CC(=O)N(CCc1ccccc1)[C@@H](C)C(=O)NC(C)C)S(=O)(=O)c1ccccc1. The smallest absolute Gasteiger partial charge is 0.264 e. The third kappa shape index (κ3) is 7.36. The molecule has 0 saturated carbocycles. The molecule has 202 valence electrons. The van der Waals surface area contributed by atoms with Gasteiger partial charge in [0.25, 0.3) is 10.0 Å².